The lowest BCUT2D eigenvalue weighted by Gasteiger charge is -2.30. The molecule has 0 aromatic rings. The number of carbonyl (C=O) groups is 2. The van der Waals surface area contributed by atoms with E-state index in [0.717, 1.165) is 0 Å². The molecule has 0 rings (SSSR count). The number of aliphatic hydroxyl groups excluding tert-OH is 2. The summed E-state index contributed by atoms with van der Waals surface area (Å²) >= 11 is 0. The summed E-state index contributed by atoms with van der Waals surface area (Å²) in [7, 11) is 0. The second-order valence-electron chi connectivity index (χ2n) is 5.42. The normalized spacial score (nSPS) is 12.3. The second-order valence-corrected chi connectivity index (χ2v) is 5.42. The predicted octanol–water partition coefficient (Wildman–Crippen LogP) is -0.445. The number of carbonyl (C=O) groups excluding carboxylic acids is 1. The van der Waals surface area contributed by atoms with Gasteiger partial charge in [-0.3, -0.25) is 9.69 Å². The van der Waals surface area contributed by atoms with Gasteiger partial charge < -0.3 is 30.9 Å². The quantitative estimate of drug-likeness (QED) is 0.374. The Labute approximate surface area is 130 Å². The van der Waals surface area contributed by atoms with Crippen LogP contribution < -0.4 is 5.73 Å². The number of esters is 1. The fourth-order valence-corrected chi connectivity index (χ4v) is 1.56. The Morgan fingerprint density at radius 1 is 1.18 bits per heavy atom. The Hall–Kier alpha value is -1.42. The first kappa shape index (κ1) is 22.9. The fourth-order valence-electron chi connectivity index (χ4n) is 1.56. The van der Waals surface area contributed by atoms with Crippen molar-refractivity contribution in [3.8, 4) is 0 Å². The van der Waals surface area contributed by atoms with Gasteiger partial charge in [0.15, 0.2) is 0 Å². The van der Waals surface area contributed by atoms with E-state index in [2.05, 4.69) is 0 Å². The minimum absolute atomic E-state index is 0.0795. The summed E-state index contributed by atoms with van der Waals surface area (Å²) in [6.45, 7) is 6.25. The molecule has 9 heteroatoms. The van der Waals surface area contributed by atoms with E-state index in [1.165, 1.54) is 0 Å². The summed E-state index contributed by atoms with van der Waals surface area (Å²) < 4.78 is 5.24. The maximum Gasteiger partial charge on any atom is 0.503 e. The molecule has 1 atom stereocenters. The number of carboxylic acid groups (broad SMARTS) is 2. The molecule has 0 aromatic heterocycles. The third-order valence-corrected chi connectivity index (χ3v) is 2.33. The van der Waals surface area contributed by atoms with E-state index in [1.807, 2.05) is 0 Å². The zero-order valence-electron chi connectivity index (χ0n) is 13.4. The maximum absolute atomic E-state index is 11.9. The molecule has 1 unspecified atom stereocenters. The molecule has 0 heterocycles. The number of nitrogens with two attached hydrogens (primary N) is 1. The summed E-state index contributed by atoms with van der Waals surface area (Å²) in [4.78, 5) is 22.2. The Morgan fingerprint density at radius 3 is 2.00 bits per heavy atom. The molecule has 6 N–H and O–H groups in total. The molecule has 0 radical (unpaired) electrons. The van der Waals surface area contributed by atoms with Gasteiger partial charge in [0, 0.05) is 13.1 Å². The van der Waals surface area contributed by atoms with Crippen LogP contribution in [0.1, 0.15) is 27.2 Å². The van der Waals surface area contributed by atoms with E-state index < -0.39 is 23.8 Å². The van der Waals surface area contributed by atoms with Gasteiger partial charge in [-0.1, -0.05) is 0 Å². The topological polar surface area (TPSA) is 154 Å². The van der Waals surface area contributed by atoms with Gasteiger partial charge in [0.05, 0.1) is 13.2 Å². The van der Waals surface area contributed by atoms with E-state index in [1.54, 1.807) is 25.7 Å². The highest BCUT2D eigenvalue weighted by atomic mass is 16.6. The lowest BCUT2D eigenvalue weighted by molar-refractivity contribution is -0.163. The summed E-state index contributed by atoms with van der Waals surface area (Å²) in [5, 5.41) is 32.3. The standard InChI is InChI=1S/C12H26N2O4.CH2O3/c1-12(2,3)18-11(17)10(9-16)14(7-8-15)6-4-5-13;2-1(3)4/h10,15-16H,4-9,13H2,1-3H3;(H2,2,3,4). The second kappa shape index (κ2) is 12.2. The third kappa shape index (κ3) is 13.6. The van der Waals surface area contributed by atoms with E-state index in [4.69, 9.17) is 30.6 Å². The zero-order chi connectivity index (χ0) is 17.8. The highest BCUT2D eigenvalue weighted by molar-refractivity contribution is 5.76. The van der Waals surface area contributed by atoms with Gasteiger partial charge in [0.1, 0.15) is 11.6 Å². The molecule has 0 bridgehead atoms. The number of rotatable bonds is 8. The monoisotopic (exact) mass is 324 g/mol. The average Bonchev–Trinajstić information content (AvgIpc) is 2.33. The molecule has 0 aliphatic rings. The number of hydrogen-bond donors (Lipinski definition) is 5. The van der Waals surface area contributed by atoms with Crippen molar-refractivity contribution in [1.82, 2.24) is 4.90 Å². The van der Waals surface area contributed by atoms with E-state index in [-0.39, 0.29) is 13.2 Å². The van der Waals surface area contributed by atoms with E-state index in [9.17, 15) is 9.90 Å². The zero-order valence-corrected chi connectivity index (χ0v) is 13.4. The summed E-state index contributed by atoms with van der Waals surface area (Å²) in [6, 6.07) is -0.747. The van der Waals surface area contributed by atoms with Gasteiger partial charge in [0.2, 0.25) is 0 Å². The van der Waals surface area contributed by atoms with Crippen LogP contribution >= 0.6 is 0 Å². The highest BCUT2D eigenvalue weighted by Crippen LogP contribution is 2.11. The molecule has 0 aromatic carbocycles. The van der Waals surface area contributed by atoms with Crippen LogP contribution in [0.15, 0.2) is 0 Å². The van der Waals surface area contributed by atoms with Crippen molar-refractivity contribution >= 4 is 12.1 Å². The van der Waals surface area contributed by atoms with Gasteiger partial charge in [-0.2, -0.15) is 0 Å². The van der Waals surface area contributed by atoms with Gasteiger partial charge in [-0.05, 0) is 33.7 Å². The van der Waals surface area contributed by atoms with Crippen LogP contribution in [0.3, 0.4) is 0 Å². The van der Waals surface area contributed by atoms with Gasteiger partial charge >= 0.3 is 12.1 Å². The Balaban J connectivity index is 0. The van der Waals surface area contributed by atoms with Crippen LogP contribution in [0.25, 0.3) is 0 Å². The smallest absolute Gasteiger partial charge is 0.459 e. The van der Waals surface area contributed by atoms with Gasteiger partial charge in [-0.25, -0.2) is 4.79 Å². The van der Waals surface area contributed by atoms with Crippen molar-refractivity contribution < 1.29 is 34.8 Å². The molecule has 0 fully saturated rings. The molecule has 0 saturated carbocycles. The van der Waals surface area contributed by atoms with Crippen LogP contribution in [0.4, 0.5) is 4.79 Å². The molecule has 9 nitrogen and oxygen atoms in total. The molecular formula is C13H28N2O7. The number of nitrogens with zero attached hydrogens (tertiary/aromatic N) is 1. The van der Waals surface area contributed by atoms with Crippen molar-refractivity contribution in [2.45, 2.75) is 38.8 Å². The van der Waals surface area contributed by atoms with Gasteiger partial charge in [-0.15, -0.1) is 0 Å². The first-order valence-electron chi connectivity index (χ1n) is 6.89. The minimum Gasteiger partial charge on any atom is -0.459 e. The predicted molar refractivity (Wildman–Crippen MR) is 79.7 cm³/mol. The molecule has 0 saturated heterocycles. The lowest BCUT2D eigenvalue weighted by atomic mass is 10.1. The fraction of sp³-hybridized carbons (Fsp3) is 0.846. The van der Waals surface area contributed by atoms with Crippen LogP contribution in [-0.2, 0) is 9.53 Å². The van der Waals surface area contributed by atoms with Crippen LogP contribution in [0.5, 0.6) is 0 Å². The van der Waals surface area contributed by atoms with Crippen LogP contribution in [0.2, 0.25) is 0 Å². The van der Waals surface area contributed by atoms with Crippen molar-refractivity contribution in [3.05, 3.63) is 0 Å². The molecule has 0 spiro atoms. The first-order valence-corrected chi connectivity index (χ1v) is 6.89. The number of ether oxygens (including phenoxy) is 1. The highest BCUT2D eigenvalue weighted by Gasteiger charge is 2.29. The molecule has 132 valence electrons. The third-order valence-electron chi connectivity index (χ3n) is 2.33. The SMILES string of the molecule is CC(C)(C)OC(=O)C(CO)N(CCO)CCCN.O=C(O)O. The number of hydrogen-bond acceptors (Lipinski definition) is 7. The molecule has 0 aliphatic heterocycles. The summed E-state index contributed by atoms with van der Waals surface area (Å²) in [6.07, 6.45) is -1.14. The Kier molecular flexibility index (Phi) is 12.6. The molecule has 0 aliphatic carbocycles. The van der Waals surface area contributed by atoms with Crippen molar-refractivity contribution in [2.24, 2.45) is 5.73 Å². The van der Waals surface area contributed by atoms with E-state index >= 15 is 0 Å². The average molecular weight is 324 g/mol. The van der Waals surface area contributed by atoms with Crippen molar-refractivity contribution in [2.75, 3.05) is 32.8 Å². The molecular weight excluding hydrogens is 296 g/mol. The first-order chi connectivity index (χ1) is 10.1. The summed E-state index contributed by atoms with van der Waals surface area (Å²) in [5.41, 5.74) is 4.83. The summed E-state index contributed by atoms with van der Waals surface area (Å²) in [5.74, 6) is -0.476. The van der Waals surface area contributed by atoms with Gasteiger partial charge in [0.25, 0.3) is 0 Å². The molecule has 0 amide bonds. The van der Waals surface area contributed by atoms with Crippen molar-refractivity contribution in [3.63, 3.8) is 0 Å². The van der Waals surface area contributed by atoms with Crippen LogP contribution in [-0.4, -0.2) is 81.9 Å². The Bertz CT molecular complexity index is 314. The van der Waals surface area contributed by atoms with Crippen molar-refractivity contribution in [1.29, 1.82) is 0 Å². The van der Waals surface area contributed by atoms with E-state index in [0.29, 0.717) is 26.1 Å². The van der Waals surface area contributed by atoms with Crippen LogP contribution in [0, 0.1) is 0 Å². The maximum atomic E-state index is 11.9. The molecule has 22 heavy (non-hydrogen) atoms. The Morgan fingerprint density at radius 2 is 1.68 bits per heavy atom. The lowest BCUT2D eigenvalue weighted by Crippen LogP contribution is -2.48. The number of aliphatic hydroxyl groups is 2. The largest absolute Gasteiger partial charge is 0.503 e. The minimum atomic E-state index is -1.83.